The van der Waals surface area contributed by atoms with Crippen molar-refractivity contribution in [2.24, 2.45) is 0 Å². The van der Waals surface area contributed by atoms with Gasteiger partial charge in [-0.05, 0) is 25.5 Å². The van der Waals surface area contributed by atoms with E-state index in [1.807, 2.05) is 26.1 Å². The van der Waals surface area contributed by atoms with Crippen molar-refractivity contribution in [3.8, 4) is 0 Å². The van der Waals surface area contributed by atoms with Gasteiger partial charge in [0.15, 0.2) is 0 Å². The minimum Gasteiger partial charge on any atom is -0.381 e. The number of nitrogens with one attached hydrogen (secondary N) is 1. The van der Waals surface area contributed by atoms with Crippen LogP contribution in [0.1, 0.15) is 27.9 Å². The average Bonchev–Trinajstić information content (AvgIpc) is 2.73. The van der Waals surface area contributed by atoms with E-state index in [1.165, 1.54) is 11.3 Å². The topological polar surface area (TPSA) is 48.9 Å². The van der Waals surface area contributed by atoms with E-state index in [0.29, 0.717) is 0 Å². The molecule has 2 rings (SSSR count). The number of aromatic amines is 1. The Morgan fingerprint density at radius 1 is 1.50 bits per heavy atom. The molecule has 0 spiro atoms. The van der Waals surface area contributed by atoms with E-state index < -0.39 is 6.10 Å². The normalized spacial score (nSPS) is 13.1. The lowest BCUT2D eigenvalue weighted by Gasteiger charge is -2.08. The monoisotopic (exact) mass is 208 g/mol. The molecule has 0 aromatic carbocycles. The maximum absolute atomic E-state index is 10.1. The van der Waals surface area contributed by atoms with Crippen molar-refractivity contribution in [2.75, 3.05) is 0 Å². The summed E-state index contributed by atoms with van der Waals surface area (Å²) in [6.45, 7) is 3.89. The third kappa shape index (κ3) is 1.47. The summed E-state index contributed by atoms with van der Waals surface area (Å²) in [5.74, 6) is 0. The molecule has 0 aliphatic rings. The van der Waals surface area contributed by atoms with Crippen LogP contribution >= 0.6 is 11.3 Å². The Labute approximate surface area is 86.4 Å². The molecule has 4 heteroatoms. The lowest BCUT2D eigenvalue weighted by Crippen LogP contribution is -2.01. The van der Waals surface area contributed by atoms with Crippen molar-refractivity contribution in [2.45, 2.75) is 20.0 Å². The highest BCUT2D eigenvalue weighted by Gasteiger charge is 2.17. The predicted octanol–water partition coefficient (Wildman–Crippen LogP) is 2.17. The van der Waals surface area contributed by atoms with Crippen LogP contribution in [0.15, 0.2) is 17.8 Å². The van der Waals surface area contributed by atoms with Crippen LogP contribution in [0.2, 0.25) is 0 Å². The molecule has 2 heterocycles. The fourth-order valence-electron chi connectivity index (χ4n) is 1.46. The molecule has 0 aliphatic heterocycles. The highest BCUT2D eigenvalue weighted by molar-refractivity contribution is 7.09. The molecule has 0 amide bonds. The molecule has 2 aromatic rings. The molecule has 2 N–H and O–H groups in total. The minimum absolute atomic E-state index is 0.572. The summed E-state index contributed by atoms with van der Waals surface area (Å²) in [5, 5.41) is 10.1. The van der Waals surface area contributed by atoms with Gasteiger partial charge in [-0.15, -0.1) is 11.3 Å². The summed E-state index contributed by atoms with van der Waals surface area (Å²) in [6.07, 6.45) is 1.27. The number of rotatable bonds is 2. The van der Waals surface area contributed by atoms with Crippen molar-refractivity contribution >= 4 is 11.3 Å². The lowest BCUT2D eigenvalue weighted by molar-refractivity contribution is 0.218. The van der Waals surface area contributed by atoms with Crippen LogP contribution in [-0.2, 0) is 0 Å². The van der Waals surface area contributed by atoms with Gasteiger partial charge in [0, 0.05) is 6.20 Å². The average molecular weight is 208 g/mol. The fourth-order valence-corrected chi connectivity index (χ4v) is 2.25. The van der Waals surface area contributed by atoms with Crippen molar-refractivity contribution in [3.05, 3.63) is 39.6 Å². The van der Waals surface area contributed by atoms with E-state index in [2.05, 4.69) is 9.97 Å². The molecule has 3 nitrogen and oxygen atoms in total. The van der Waals surface area contributed by atoms with Crippen molar-refractivity contribution in [1.29, 1.82) is 0 Å². The lowest BCUT2D eigenvalue weighted by atomic mass is 10.1. The molecule has 14 heavy (non-hydrogen) atoms. The minimum atomic E-state index is -0.572. The smallest absolute Gasteiger partial charge is 0.130 e. The molecule has 2 aromatic heterocycles. The summed E-state index contributed by atoms with van der Waals surface area (Å²) in [7, 11) is 0. The molecule has 0 fully saturated rings. The maximum Gasteiger partial charge on any atom is 0.130 e. The Bertz CT molecular complexity index is 393. The quantitative estimate of drug-likeness (QED) is 0.794. The predicted molar refractivity (Wildman–Crippen MR) is 56.4 cm³/mol. The number of hydrogen-bond acceptors (Lipinski definition) is 3. The van der Waals surface area contributed by atoms with E-state index in [4.69, 9.17) is 0 Å². The number of H-pyrrole nitrogens is 1. The number of thiazole rings is 1. The van der Waals surface area contributed by atoms with E-state index >= 15 is 0 Å². The highest BCUT2D eigenvalue weighted by atomic mass is 32.1. The Hall–Kier alpha value is -1.13. The highest BCUT2D eigenvalue weighted by Crippen LogP contribution is 2.28. The zero-order valence-electron chi connectivity index (χ0n) is 8.11. The summed E-state index contributed by atoms with van der Waals surface area (Å²) in [4.78, 5) is 8.08. The number of aliphatic hydroxyl groups is 1. The van der Waals surface area contributed by atoms with E-state index in [1.54, 1.807) is 5.51 Å². The standard InChI is InChI=1S/C10H12N2OS/c1-6-3-4-11-8(6)9(13)10-7(2)12-5-14-10/h3-5,9,11,13H,1-2H3. The second-order valence-corrected chi connectivity index (χ2v) is 4.17. The number of aliphatic hydroxyl groups excluding tert-OH is 1. The Kier molecular flexibility index (Phi) is 2.39. The number of aromatic nitrogens is 2. The molecule has 0 bridgehead atoms. The number of hydrogen-bond donors (Lipinski definition) is 2. The van der Waals surface area contributed by atoms with Gasteiger partial charge in [0.1, 0.15) is 6.10 Å². The maximum atomic E-state index is 10.1. The summed E-state index contributed by atoms with van der Waals surface area (Å²) in [5.41, 5.74) is 4.59. The molecular weight excluding hydrogens is 196 g/mol. The zero-order chi connectivity index (χ0) is 10.1. The van der Waals surface area contributed by atoms with Gasteiger partial charge < -0.3 is 10.1 Å². The second-order valence-electron chi connectivity index (χ2n) is 3.28. The van der Waals surface area contributed by atoms with Gasteiger partial charge in [0.05, 0.1) is 21.8 Å². The van der Waals surface area contributed by atoms with Gasteiger partial charge in [0.25, 0.3) is 0 Å². The van der Waals surface area contributed by atoms with Gasteiger partial charge in [-0.1, -0.05) is 0 Å². The Morgan fingerprint density at radius 3 is 2.79 bits per heavy atom. The second kappa shape index (κ2) is 3.55. The van der Waals surface area contributed by atoms with Gasteiger partial charge >= 0.3 is 0 Å². The Morgan fingerprint density at radius 2 is 2.29 bits per heavy atom. The van der Waals surface area contributed by atoms with Crippen molar-refractivity contribution in [3.63, 3.8) is 0 Å². The molecule has 0 saturated heterocycles. The summed E-state index contributed by atoms with van der Waals surface area (Å²) >= 11 is 1.48. The van der Waals surface area contributed by atoms with Crippen LogP contribution in [0.5, 0.6) is 0 Å². The molecule has 1 atom stereocenters. The molecule has 0 radical (unpaired) electrons. The number of aryl methyl sites for hydroxylation is 2. The van der Waals surface area contributed by atoms with Gasteiger partial charge in [-0.3, -0.25) is 0 Å². The van der Waals surface area contributed by atoms with Crippen LogP contribution < -0.4 is 0 Å². The van der Waals surface area contributed by atoms with Crippen LogP contribution in [0.25, 0.3) is 0 Å². The number of nitrogens with zero attached hydrogens (tertiary/aromatic N) is 1. The van der Waals surface area contributed by atoms with Crippen LogP contribution in [0.3, 0.4) is 0 Å². The van der Waals surface area contributed by atoms with Gasteiger partial charge in [-0.2, -0.15) is 0 Å². The SMILES string of the molecule is Cc1cc[nH]c1C(O)c1scnc1C. The van der Waals surface area contributed by atoms with E-state index in [-0.39, 0.29) is 0 Å². The molecular formula is C10H12N2OS. The third-order valence-corrected chi connectivity index (χ3v) is 3.28. The molecule has 0 saturated carbocycles. The van der Waals surface area contributed by atoms with Gasteiger partial charge in [0.2, 0.25) is 0 Å². The molecule has 0 aliphatic carbocycles. The summed E-state index contributed by atoms with van der Waals surface area (Å²) < 4.78 is 0. The molecule has 74 valence electrons. The third-order valence-electron chi connectivity index (χ3n) is 2.30. The summed E-state index contributed by atoms with van der Waals surface area (Å²) in [6, 6.07) is 1.95. The first-order valence-electron chi connectivity index (χ1n) is 4.42. The van der Waals surface area contributed by atoms with E-state index in [0.717, 1.165) is 21.8 Å². The Balaban J connectivity index is 2.38. The first kappa shape index (κ1) is 9.43. The zero-order valence-corrected chi connectivity index (χ0v) is 8.93. The van der Waals surface area contributed by atoms with E-state index in [9.17, 15) is 5.11 Å². The van der Waals surface area contributed by atoms with Crippen molar-refractivity contribution < 1.29 is 5.11 Å². The van der Waals surface area contributed by atoms with Crippen LogP contribution in [0.4, 0.5) is 0 Å². The molecule has 1 unspecified atom stereocenters. The van der Waals surface area contributed by atoms with Crippen LogP contribution in [0, 0.1) is 13.8 Å². The van der Waals surface area contributed by atoms with Gasteiger partial charge in [-0.25, -0.2) is 4.98 Å². The van der Waals surface area contributed by atoms with Crippen LogP contribution in [-0.4, -0.2) is 15.1 Å². The largest absolute Gasteiger partial charge is 0.381 e. The first-order chi connectivity index (χ1) is 6.70. The van der Waals surface area contributed by atoms with Crippen molar-refractivity contribution in [1.82, 2.24) is 9.97 Å². The first-order valence-corrected chi connectivity index (χ1v) is 5.30. The fraction of sp³-hybridized carbons (Fsp3) is 0.300.